The average Bonchev–Trinajstić information content (AvgIpc) is 2.65. The molecule has 1 aromatic rings. The Bertz CT molecular complexity index is 223. The van der Waals surface area contributed by atoms with Crippen molar-refractivity contribution < 1.29 is 0 Å². The van der Waals surface area contributed by atoms with Crippen molar-refractivity contribution >= 4 is 11.3 Å². The molecule has 1 unspecified atom stereocenters. The van der Waals surface area contributed by atoms with E-state index in [-0.39, 0.29) is 0 Å². The van der Waals surface area contributed by atoms with Gasteiger partial charge in [-0.25, -0.2) is 0 Å². The van der Waals surface area contributed by atoms with E-state index in [9.17, 15) is 0 Å². The Labute approximate surface area is 83.8 Å². The predicted octanol–water partition coefficient (Wildman–Crippen LogP) is 1.36. The van der Waals surface area contributed by atoms with Crippen molar-refractivity contribution in [2.24, 2.45) is 0 Å². The number of hydrogen-bond donors (Lipinski definition) is 1. The third kappa shape index (κ3) is 3.06. The molecule has 1 atom stereocenters. The van der Waals surface area contributed by atoms with Crippen molar-refractivity contribution in [1.82, 2.24) is 15.2 Å². The molecule has 0 bridgehead atoms. The zero-order chi connectivity index (χ0) is 9.68. The van der Waals surface area contributed by atoms with Gasteiger partial charge in [-0.05, 0) is 21.0 Å². The lowest BCUT2D eigenvalue weighted by Gasteiger charge is -2.22. The van der Waals surface area contributed by atoms with Crippen LogP contribution in [0.25, 0.3) is 0 Å². The van der Waals surface area contributed by atoms with Crippen molar-refractivity contribution in [2.75, 3.05) is 27.2 Å². The van der Waals surface area contributed by atoms with Crippen LogP contribution >= 0.6 is 11.3 Å². The van der Waals surface area contributed by atoms with E-state index in [0.717, 1.165) is 13.1 Å². The van der Waals surface area contributed by atoms with Gasteiger partial charge in [0, 0.05) is 30.2 Å². The number of nitrogens with zero attached hydrogens (tertiary/aromatic N) is 2. The third-order valence-electron chi connectivity index (χ3n) is 2.24. The molecule has 0 saturated heterocycles. The summed E-state index contributed by atoms with van der Waals surface area (Å²) in [6, 6.07) is 0.473. The van der Waals surface area contributed by atoms with E-state index in [1.807, 2.05) is 18.8 Å². The molecule has 1 aromatic heterocycles. The number of thiazole rings is 1. The predicted molar refractivity (Wildman–Crippen MR) is 57.1 cm³/mol. The fraction of sp³-hybridized carbons (Fsp3) is 0.667. The number of aromatic nitrogens is 1. The highest BCUT2D eigenvalue weighted by molar-refractivity contribution is 7.09. The van der Waals surface area contributed by atoms with Gasteiger partial charge in [0.15, 0.2) is 0 Å². The standard InChI is InChI=1S/C9H17N3S/c1-8(9-6-11-7-13-9)12(3)5-4-10-2/h6-8,10H,4-5H2,1-3H3. The molecular formula is C9H17N3S. The molecule has 1 N–H and O–H groups in total. The Morgan fingerprint density at radius 3 is 3.00 bits per heavy atom. The Kier molecular flexibility index (Phi) is 4.35. The number of rotatable bonds is 5. The van der Waals surface area contributed by atoms with E-state index in [2.05, 4.69) is 29.2 Å². The van der Waals surface area contributed by atoms with Gasteiger partial charge in [-0.3, -0.25) is 9.88 Å². The molecule has 3 nitrogen and oxygen atoms in total. The van der Waals surface area contributed by atoms with Gasteiger partial charge >= 0.3 is 0 Å². The van der Waals surface area contributed by atoms with Crippen molar-refractivity contribution in [2.45, 2.75) is 13.0 Å². The Hall–Kier alpha value is -0.450. The van der Waals surface area contributed by atoms with Gasteiger partial charge in [0.05, 0.1) is 5.51 Å². The largest absolute Gasteiger partial charge is 0.318 e. The molecule has 0 saturated carbocycles. The summed E-state index contributed by atoms with van der Waals surface area (Å²) in [4.78, 5) is 7.74. The zero-order valence-corrected chi connectivity index (χ0v) is 9.27. The molecule has 1 heterocycles. The van der Waals surface area contributed by atoms with Crippen LogP contribution in [-0.2, 0) is 0 Å². The number of likely N-dealkylation sites (N-methyl/N-ethyl adjacent to an activating group) is 2. The van der Waals surface area contributed by atoms with Gasteiger partial charge < -0.3 is 5.32 Å². The van der Waals surface area contributed by atoms with Crippen molar-refractivity contribution in [3.8, 4) is 0 Å². The van der Waals surface area contributed by atoms with Gasteiger partial charge in [-0.1, -0.05) is 0 Å². The average molecular weight is 199 g/mol. The van der Waals surface area contributed by atoms with Crippen LogP contribution in [0.15, 0.2) is 11.7 Å². The van der Waals surface area contributed by atoms with E-state index >= 15 is 0 Å². The lowest BCUT2D eigenvalue weighted by molar-refractivity contribution is 0.266. The first kappa shape index (κ1) is 10.6. The summed E-state index contributed by atoms with van der Waals surface area (Å²) in [6.45, 7) is 4.30. The van der Waals surface area contributed by atoms with Gasteiger partial charge in [0.25, 0.3) is 0 Å². The SMILES string of the molecule is CNCCN(C)C(C)c1cncs1. The highest BCUT2D eigenvalue weighted by atomic mass is 32.1. The summed E-state index contributed by atoms with van der Waals surface area (Å²) in [5.41, 5.74) is 1.89. The minimum absolute atomic E-state index is 0.473. The molecule has 0 fully saturated rings. The minimum atomic E-state index is 0.473. The van der Waals surface area contributed by atoms with Gasteiger partial charge in [0.2, 0.25) is 0 Å². The maximum atomic E-state index is 4.08. The van der Waals surface area contributed by atoms with Crippen LogP contribution in [0.3, 0.4) is 0 Å². The monoisotopic (exact) mass is 199 g/mol. The molecule has 0 aromatic carbocycles. The molecule has 74 valence electrons. The fourth-order valence-electron chi connectivity index (χ4n) is 1.13. The van der Waals surface area contributed by atoms with Crippen LogP contribution < -0.4 is 5.32 Å². The van der Waals surface area contributed by atoms with E-state index in [1.165, 1.54) is 4.88 Å². The molecule has 0 aliphatic heterocycles. The van der Waals surface area contributed by atoms with E-state index in [0.29, 0.717) is 6.04 Å². The van der Waals surface area contributed by atoms with E-state index in [4.69, 9.17) is 0 Å². The van der Waals surface area contributed by atoms with Crippen LogP contribution in [0.4, 0.5) is 0 Å². The van der Waals surface area contributed by atoms with Crippen LogP contribution in [0.2, 0.25) is 0 Å². The Morgan fingerprint density at radius 2 is 2.46 bits per heavy atom. The molecule has 13 heavy (non-hydrogen) atoms. The summed E-state index contributed by atoms with van der Waals surface area (Å²) < 4.78 is 0. The first-order chi connectivity index (χ1) is 6.25. The Balaban J connectivity index is 2.43. The molecule has 0 radical (unpaired) electrons. The molecule has 4 heteroatoms. The lowest BCUT2D eigenvalue weighted by Crippen LogP contribution is -2.29. The number of nitrogens with one attached hydrogen (secondary N) is 1. The maximum absolute atomic E-state index is 4.08. The van der Waals surface area contributed by atoms with Gasteiger partial charge in [0.1, 0.15) is 0 Å². The van der Waals surface area contributed by atoms with Crippen molar-refractivity contribution in [1.29, 1.82) is 0 Å². The van der Waals surface area contributed by atoms with Crippen LogP contribution in [0.5, 0.6) is 0 Å². The summed E-state index contributed by atoms with van der Waals surface area (Å²) in [5.74, 6) is 0. The molecular weight excluding hydrogens is 182 g/mol. The highest BCUT2D eigenvalue weighted by Crippen LogP contribution is 2.21. The molecule has 0 aliphatic carbocycles. The first-order valence-corrected chi connectivity index (χ1v) is 5.37. The fourth-order valence-corrected chi connectivity index (χ4v) is 1.87. The lowest BCUT2D eigenvalue weighted by atomic mass is 10.2. The Morgan fingerprint density at radius 1 is 1.69 bits per heavy atom. The molecule has 1 rings (SSSR count). The second-order valence-electron chi connectivity index (χ2n) is 3.16. The zero-order valence-electron chi connectivity index (χ0n) is 8.45. The topological polar surface area (TPSA) is 28.2 Å². The summed E-state index contributed by atoms with van der Waals surface area (Å²) in [7, 11) is 4.12. The molecule has 0 spiro atoms. The van der Waals surface area contributed by atoms with Crippen LogP contribution in [0.1, 0.15) is 17.8 Å². The van der Waals surface area contributed by atoms with Crippen LogP contribution in [-0.4, -0.2) is 37.1 Å². The maximum Gasteiger partial charge on any atom is 0.0794 e. The summed E-state index contributed by atoms with van der Waals surface area (Å²) in [6.07, 6.45) is 1.95. The second-order valence-corrected chi connectivity index (χ2v) is 4.08. The van der Waals surface area contributed by atoms with E-state index in [1.54, 1.807) is 11.3 Å². The van der Waals surface area contributed by atoms with Crippen LogP contribution in [0, 0.1) is 0 Å². The third-order valence-corrected chi connectivity index (χ3v) is 3.18. The highest BCUT2D eigenvalue weighted by Gasteiger charge is 2.11. The van der Waals surface area contributed by atoms with E-state index < -0.39 is 0 Å². The minimum Gasteiger partial charge on any atom is -0.318 e. The van der Waals surface area contributed by atoms with Gasteiger partial charge in [-0.2, -0.15) is 0 Å². The number of hydrogen-bond acceptors (Lipinski definition) is 4. The normalized spacial score (nSPS) is 13.5. The quantitative estimate of drug-likeness (QED) is 0.776. The molecule has 0 amide bonds. The first-order valence-electron chi connectivity index (χ1n) is 4.49. The smallest absolute Gasteiger partial charge is 0.0794 e. The summed E-state index contributed by atoms with van der Waals surface area (Å²) in [5, 5.41) is 3.14. The second kappa shape index (κ2) is 5.32. The summed E-state index contributed by atoms with van der Waals surface area (Å²) >= 11 is 1.72. The van der Waals surface area contributed by atoms with Crippen molar-refractivity contribution in [3.63, 3.8) is 0 Å². The molecule has 0 aliphatic rings. The van der Waals surface area contributed by atoms with Gasteiger partial charge in [-0.15, -0.1) is 11.3 Å². The van der Waals surface area contributed by atoms with Crippen molar-refractivity contribution in [3.05, 3.63) is 16.6 Å².